The van der Waals surface area contributed by atoms with Gasteiger partial charge in [0.2, 0.25) is 0 Å². The van der Waals surface area contributed by atoms with E-state index in [1.165, 1.54) is 37.8 Å². The minimum absolute atomic E-state index is 0. The maximum atomic E-state index is 5.39. The Labute approximate surface area is 175 Å². The predicted octanol–water partition coefficient (Wildman–Crippen LogP) is 2.61. The van der Waals surface area contributed by atoms with Crippen molar-refractivity contribution in [1.82, 2.24) is 15.5 Å². The van der Waals surface area contributed by atoms with Crippen LogP contribution in [0.15, 0.2) is 35.3 Å². The van der Waals surface area contributed by atoms with Crippen molar-refractivity contribution in [2.45, 2.75) is 31.1 Å². The van der Waals surface area contributed by atoms with Crippen molar-refractivity contribution in [2.24, 2.45) is 4.99 Å². The van der Waals surface area contributed by atoms with Crippen LogP contribution < -0.4 is 10.6 Å². The summed E-state index contributed by atoms with van der Waals surface area (Å²) < 4.78 is 5.39. The molecule has 5 nitrogen and oxygen atoms in total. The van der Waals surface area contributed by atoms with E-state index in [0.29, 0.717) is 5.41 Å². The molecule has 2 fully saturated rings. The number of guanidine groups is 1. The minimum atomic E-state index is 0. The lowest BCUT2D eigenvalue weighted by Crippen LogP contribution is -2.41. The molecular weight excluding hydrogens is 439 g/mol. The average molecular weight is 472 g/mol. The van der Waals surface area contributed by atoms with Gasteiger partial charge in [0.15, 0.2) is 5.96 Å². The molecule has 146 valence electrons. The zero-order valence-electron chi connectivity index (χ0n) is 15.9. The summed E-state index contributed by atoms with van der Waals surface area (Å²) in [6, 6.07) is 10.9. The fourth-order valence-electron chi connectivity index (χ4n) is 3.48. The van der Waals surface area contributed by atoms with E-state index >= 15 is 0 Å². The normalized spacial score (nSPS) is 19.5. The monoisotopic (exact) mass is 472 g/mol. The Morgan fingerprint density at radius 1 is 1.12 bits per heavy atom. The topological polar surface area (TPSA) is 48.9 Å². The fourth-order valence-corrected chi connectivity index (χ4v) is 3.48. The summed E-state index contributed by atoms with van der Waals surface area (Å²) in [5.74, 6) is 0.925. The van der Waals surface area contributed by atoms with Crippen molar-refractivity contribution < 1.29 is 4.74 Å². The van der Waals surface area contributed by atoms with Gasteiger partial charge in [0, 0.05) is 38.6 Å². The first-order chi connectivity index (χ1) is 12.3. The predicted molar refractivity (Wildman–Crippen MR) is 119 cm³/mol. The van der Waals surface area contributed by atoms with E-state index < -0.39 is 0 Å². The zero-order valence-corrected chi connectivity index (χ0v) is 18.2. The van der Waals surface area contributed by atoms with E-state index in [-0.39, 0.29) is 24.0 Å². The SMILES string of the molecule is CN=C(NCCCCN1CCOCC1)NCC1(c2ccccc2)CC1.I. The van der Waals surface area contributed by atoms with Gasteiger partial charge in [0.05, 0.1) is 13.2 Å². The van der Waals surface area contributed by atoms with Gasteiger partial charge in [-0.05, 0) is 37.8 Å². The van der Waals surface area contributed by atoms with Crippen LogP contribution in [-0.2, 0) is 10.2 Å². The van der Waals surface area contributed by atoms with E-state index in [1.54, 1.807) is 0 Å². The third kappa shape index (κ3) is 6.39. The summed E-state index contributed by atoms with van der Waals surface area (Å²) in [5.41, 5.74) is 1.76. The molecule has 1 aromatic rings. The van der Waals surface area contributed by atoms with Crippen LogP contribution in [0.1, 0.15) is 31.2 Å². The van der Waals surface area contributed by atoms with Crippen LogP contribution in [0, 0.1) is 0 Å². The van der Waals surface area contributed by atoms with Gasteiger partial charge in [-0.15, -0.1) is 24.0 Å². The van der Waals surface area contributed by atoms with Crippen LogP contribution in [0.4, 0.5) is 0 Å². The van der Waals surface area contributed by atoms with Gasteiger partial charge < -0.3 is 15.4 Å². The van der Waals surface area contributed by atoms with E-state index in [9.17, 15) is 0 Å². The van der Waals surface area contributed by atoms with E-state index in [1.807, 2.05) is 7.05 Å². The molecule has 0 amide bonds. The lowest BCUT2D eigenvalue weighted by Gasteiger charge is -2.26. The van der Waals surface area contributed by atoms with Crippen molar-refractivity contribution in [3.63, 3.8) is 0 Å². The number of ether oxygens (including phenoxy) is 1. The molecule has 0 spiro atoms. The highest BCUT2D eigenvalue weighted by atomic mass is 127. The highest BCUT2D eigenvalue weighted by Gasteiger charge is 2.43. The maximum Gasteiger partial charge on any atom is 0.191 e. The summed E-state index contributed by atoms with van der Waals surface area (Å²) >= 11 is 0. The van der Waals surface area contributed by atoms with Gasteiger partial charge in [-0.3, -0.25) is 9.89 Å². The minimum Gasteiger partial charge on any atom is -0.379 e. The number of rotatable bonds is 8. The summed E-state index contributed by atoms with van der Waals surface area (Å²) in [7, 11) is 1.85. The lowest BCUT2D eigenvalue weighted by molar-refractivity contribution is 0.0372. The second kappa shape index (κ2) is 11.1. The van der Waals surface area contributed by atoms with Gasteiger partial charge in [-0.2, -0.15) is 0 Å². The number of hydrogen-bond acceptors (Lipinski definition) is 3. The zero-order chi connectivity index (χ0) is 17.4. The molecule has 0 unspecified atom stereocenters. The van der Waals surface area contributed by atoms with Crippen LogP contribution in [0.3, 0.4) is 0 Å². The number of morpholine rings is 1. The first kappa shape index (κ1) is 21.4. The molecule has 0 atom stereocenters. The number of benzene rings is 1. The number of halogens is 1. The number of hydrogen-bond donors (Lipinski definition) is 2. The molecule has 1 saturated heterocycles. The molecular formula is C20H33IN4O. The average Bonchev–Trinajstić information content (AvgIpc) is 3.47. The number of nitrogens with one attached hydrogen (secondary N) is 2. The number of unbranched alkanes of at least 4 members (excludes halogenated alkanes) is 1. The van der Waals surface area contributed by atoms with Gasteiger partial charge in [0.25, 0.3) is 0 Å². The molecule has 0 bridgehead atoms. The van der Waals surface area contributed by atoms with Gasteiger partial charge in [-0.25, -0.2) is 0 Å². The molecule has 1 aliphatic carbocycles. The van der Waals surface area contributed by atoms with Gasteiger partial charge in [0.1, 0.15) is 0 Å². The molecule has 2 aliphatic rings. The van der Waals surface area contributed by atoms with Crippen molar-refractivity contribution in [2.75, 3.05) is 53.0 Å². The second-order valence-corrected chi connectivity index (χ2v) is 7.16. The lowest BCUT2D eigenvalue weighted by atomic mass is 9.96. The summed E-state index contributed by atoms with van der Waals surface area (Å²) in [4.78, 5) is 6.86. The summed E-state index contributed by atoms with van der Waals surface area (Å²) in [6.07, 6.45) is 4.92. The van der Waals surface area contributed by atoms with E-state index in [4.69, 9.17) is 4.74 Å². The highest BCUT2D eigenvalue weighted by Crippen LogP contribution is 2.47. The van der Waals surface area contributed by atoms with Crippen LogP contribution in [0.5, 0.6) is 0 Å². The van der Waals surface area contributed by atoms with Gasteiger partial charge in [-0.1, -0.05) is 30.3 Å². The standard InChI is InChI=1S/C20H32N4O.HI/c1-21-19(22-11-5-6-12-24-13-15-25-16-14-24)23-17-20(9-10-20)18-7-3-2-4-8-18;/h2-4,7-8H,5-6,9-17H2,1H3,(H2,21,22,23);1H. The molecule has 0 radical (unpaired) electrons. The van der Waals surface area contributed by atoms with Crippen LogP contribution in [-0.4, -0.2) is 63.8 Å². The van der Waals surface area contributed by atoms with E-state index in [0.717, 1.165) is 45.4 Å². The fraction of sp³-hybridized carbons (Fsp3) is 0.650. The molecule has 1 aliphatic heterocycles. The smallest absolute Gasteiger partial charge is 0.191 e. The third-order valence-electron chi connectivity index (χ3n) is 5.35. The Bertz CT molecular complexity index is 542. The molecule has 6 heteroatoms. The van der Waals surface area contributed by atoms with Crippen molar-refractivity contribution in [3.05, 3.63) is 35.9 Å². The molecule has 26 heavy (non-hydrogen) atoms. The molecule has 2 N–H and O–H groups in total. The Hall–Kier alpha value is -0.860. The number of nitrogens with zero attached hydrogens (tertiary/aromatic N) is 2. The maximum absolute atomic E-state index is 5.39. The van der Waals surface area contributed by atoms with Crippen molar-refractivity contribution >= 4 is 29.9 Å². The first-order valence-electron chi connectivity index (χ1n) is 9.63. The Balaban J connectivity index is 0.00000243. The molecule has 0 aromatic heterocycles. The van der Waals surface area contributed by atoms with Crippen molar-refractivity contribution in [1.29, 1.82) is 0 Å². The summed E-state index contributed by atoms with van der Waals surface area (Å²) in [6.45, 7) is 7.05. The van der Waals surface area contributed by atoms with Crippen molar-refractivity contribution in [3.8, 4) is 0 Å². The second-order valence-electron chi connectivity index (χ2n) is 7.16. The quantitative estimate of drug-likeness (QED) is 0.265. The van der Waals surface area contributed by atoms with Gasteiger partial charge >= 0.3 is 0 Å². The molecule has 3 rings (SSSR count). The first-order valence-corrected chi connectivity index (χ1v) is 9.63. The molecule has 1 saturated carbocycles. The Morgan fingerprint density at radius 2 is 1.85 bits per heavy atom. The van der Waals surface area contributed by atoms with Crippen LogP contribution in [0.2, 0.25) is 0 Å². The Kier molecular flexibility index (Phi) is 9.15. The number of aliphatic imine (C=N–C) groups is 1. The largest absolute Gasteiger partial charge is 0.379 e. The molecule has 1 aromatic carbocycles. The highest BCUT2D eigenvalue weighted by molar-refractivity contribution is 14.0. The van der Waals surface area contributed by atoms with Crippen LogP contribution in [0.25, 0.3) is 0 Å². The van der Waals surface area contributed by atoms with E-state index in [2.05, 4.69) is 50.9 Å². The summed E-state index contributed by atoms with van der Waals surface area (Å²) in [5, 5.41) is 6.98. The molecule has 1 heterocycles. The Morgan fingerprint density at radius 3 is 2.50 bits per heavy atom. The third-order valence-corrected chi connectivity index (χ3v) is 5.35. The van der Waals surface area contributed by atoms with Crippen LogP contribution >= 0.6 is 24.0 Å².